The van der Waals surface area contributed by atoms with Crippen molar-refractivity contribution in [3.63, 3.8) is 0 Å². The molecule has 3 atom stereocenters. The van der Waals surface area contributed by atoms with Crippen LogP contribution >= 0.6 is 11.3 Å². The zero-order valence-corrected chi connectivity index (χ0v) is 13.2. The Kier molecular flexibility index (Phi) is 3.30. The van der Waals surface area contributed by atoms with E-state index in [0.29, 0.717) is 18.0 Å². The highest BCUT2D eigenvalue weighted by Crippen LogP contribution is 2.45. The Morgan fingerprint density at radius 1 is 1.29 bits per heavy atom. The highest BCUT2D eigenvalue weighted by Gasteiger charge is 2.40. The van der Waals surface area contributed by atoms with Crippen molar-refractivity contribution >= 4 is 17.3 Å². The van der Waals surface area contributed by atoms with Crippen molar-refractivity contribution in [3.8, 4) is 0 Å². The highest BCUT2D eigenvalue weighted by molar-refractivity contribution is 7.11. The summed E-state index contributed by atoms with van der Waals surface area (Å²) in [5.41, 5.74) is 0.889. The summed E-state index contributed by atoms with van der Waals surface area (Å²) < 4.78 is 0. The molecular weight excluding hydrogens is 284 g/mol. The van der Waals surface area contributed by atoms with Gasteiger partial charge in [-0.25, -0.2) is 4.98 Å². The first kappa shape index (κ1) is 13.7. The minimum atomic E-state index is -0.698. The van der Waals surface area contributed by atoms with Gasteiger partial charge in [-0.3, -0.25) is 4.79 Å². The largest absolute Gasteiger partial charge is 0.481 e. The number of carboxylic acid groups (broad SMARTS) is 1. The zero-order valence-electron chi connectivity index (χ0n) is 12.4. The van der Waals surface area contributed by atoms with Crippen molar-refractivity contribution in [2.75, 3.05) is 7.05 Å². The molecule has 0 amide bonds. The number of aryl methyl sites for hydroxylation is 1. The Balaban J connectivity index is 1.61. The van der Waals surface area contributed by atoms with Gasteiger partial charge >= 0.3 is 5.97 Å². The molecule has 4 nitrogen and oxygen atoms in total. The number of piperidine rings is 1. The topological polar surface area (TPSA) is 53.4 Å². The fourth-order valence-electron chi connectivity index (χ4n) is 4.47. The van der Waals surface area contributed by atoms with E-state index in [2.05, 4.69) is 11.9 Å². The lowest BCUT2D eigenvalue weighted by atomic mass is 9.90. The zero-order chi connectivity index (χ0) is 14.6. The predicted octanol–water partition coefficient (Wildman–Crippen LogP) is 2.99. The van der Waals surface area contributed by atoms with Crippen molar-refractivity contribution in [1.82, 2.24) is 9.88 Å². The van der Waals surface area contributed by atoms with Crippen LogP contribution in [0.2, 0.25) is 0 Å². The van der Waals surface area contributed by atoms with E-state index in [1.54, 1.807) is 11.3 Å². The van der Waals surface area contributed by atoms with Crippen LogP contribution in [0.25, 0.3) is 0 Å². The number of rotatable bonds is 2. The Bertz CT molecular complexity index is 557. The molecule has 2 aliphatic heterocycles. The van der Waals surface area contributed by atoms with Gasteiger partial charge in [0.1, 0.15) is 0 Å². The molecule has 2 saturated heterocycles. The van der Waals surface area contributed by atoms with E-state index in [4.69, 9.17) is 4.98 Å². The van der Waals surface area contributed by atoms with Crippen LogP contribution in [0, 0.1) is 0 Å². The molecule has 2 fully saturated rings. The summed E-state index contributed by atoms with van der Waals surface area (Å²) in [5.74, 6) is -0.498. The van der Waals surface area contributed by atoms with Crippen LogP contribution in [-0.4, -0.2) is 40.1 Å². The maximum atomic E-state index is 11.4. The number of thiazole rings is 1. The Morgan fingerprint density at radius 3 is 2.67 bits per heavy atom. The van der Waals surface area contributed by atoms with Crippen molar-refractivity contribution in [3.05, 3.63) is 15.6 Å². The molecule has 0 saturated carbocycles. The first-order chi connectivity index (χ1) is 10.1. The molecule has 4 rings (SSSR count). The maximum Gasteiger partial charge on any atom is 0.312 e. The monoisotopic (exact) mass is 306 g/mol. The molecule has 1 N–H and O–H groups in total. The van der Waals surface area contributed by atoms with Gasteiger partial charge in [0.25, 0.3) is 0 Å². The lowest BCUT2D eigenvalue weighted by molar-refractivity contribution is -0.139. The van der Waals surface area contributed by atoms with Crippen molar-refractivity contribution in [1.29, 1.82) is 0 Å². The van der Waals surface area contributed by atoms with Crippen LogP contribution in [0.5, 0.6) is 0 Å². The average Bonchev–Trinajstić information content (AvgIpc) is 2.96. The molecule has 21 heavy (non-hydrogen) atoms. The van der Waals surface area contributed by atoms with Gasteiger partial charge in [-0.15, -0.1) is 11.3 Å². The summed E-state index contributed by atoms with van der Waals surface area (Å²) in [5, 5.41) is 10.6. The van der Waals surface area contributed by atoms with E-state index < -0.39 is 5.97 Å². The molecule has 3 unspecified atom stereocenters. The summed E-state index contributed by atoms with van der Waals surface area (Å²) >= 11 is 1.80. The number of hydrogen-bond acceptors (Lipinski definition) is 4. The predicted molar refractivity (Wildman–Crippen MR) is 82.0 cm³/mol. The molecule has 3 aliphatic rings. The summed E-state index contributed by atoms with van der Waals surface area (Å²) in [6.07, 6.45) is 7.82. The Labute approximate surface area is 129 Å². The lowest BCUT2D eigenvalue weighted by Crippen LogP contribution is -2.39. The fourth-order valence-corrected chi connectivity index (χ4v) is 5.76. The number of hydrogen-bond donors (Lipinski definition) is 1. The fraction of sp³-hybridized carbons (Fsp3) is 0.750. The quantitative estimate of drug-likeness (QED) is 0.912. The third-order valence-electron chi connectivity index (χ3n) is 5.72. The molecule has 114 valence electrons. The van der Waals surface area contributed by atoms with Crippen molar-refractivity contribution in [2.24, 2.45) is 0 Å². The van der Waals surface area contributed by atoms with E-state index in [1.165, 1.54) is 35.6 Å². The van der Waals surface area contributed by atoms with E-state index in [0.717, 1.165) is 25.0 Å². The average molecular weight is 306 g/mol. The molecule has 2 bridgehead atoms. The normalized spacial score (nSPS) is 35.7. The first-order valence-electron chi connectivity index (χ1n) is 8.07. The molecule has 1 aromatic rings. The van der Waals surface area contributed by atoms with E-state index >= 15 is 0 Å². The van der Waals surface area contributed by atoms with Gasteiger partial charge in [-0.05, 0) is 52.0 Å². The van der Waals surface area contributed by atoms with Crippen LogP contribution in [0.1, 0.15) is 65.9 Å². The van der Waals surface area contributed by atoms with E-state index in [-0.39, 0.29) is 5.92 Å². The maximum absolute atomic E-state index is 11.4. The van der Waals surface area contributed by atoms with Crippen molar-refractivity contribution in [2.45, 2.75) is 68.9 Å². The molecule has 3 heterocycles. The van der Waals surface area contributed by atoms with Crippen LogP contribution in [0.4, 0.5) is 0 Å². The molecule has 0 radical (unpaired) electrons. The number of carbonyl (C=O) groups is 1. The molecule has 0 spiro atoms. The Morgan fingerprint density at radius 2 is 2.00 bits per heavy atom. The third-order valence-corrected chi connectivity index (χ3v) is 7.01. The third kappa shape index (κ3) is 2.21. The van der Waals surface area contributed by atoms with Gasteiger partial charge in [0, 0.05) is 22.9 Å². The minimum Gasteiger partial charge on any atom is -0.481 e. The van der Waals surface area contributed by atoms with Crippen LogP contribution in [0.3, 0.4) is 0 Å². The molecule has 1 aliphatic carbocycles. The molecule has 1 aromatic heterocycles. The van der Waals surface area contributed by atoms with Gasteiger partial charge in [0.05, 0.1) is 16.6 Å². The highest BCUT2D eigenvalue weighted by atomic mass is 32.1. The van der Waals surface area contributed by atoms with Gasteiger partial charge < -0.3 is 10.0 Å². The van der Waals surface area contributed by atoms with Crippen molar-refractivity contribution < 1.29 is 9.90 Å². The SMILES string of the molecule is CN1C2CCC1CC(c1nc3c(s1)CCCC3C(=O)O)C2. The van der Waals surface area contributed by atoms with Gasteiger partial charge in [0.2, 0.25) is 0 Å². The van der Waals surface area contributed by atoms with E-state index in [9.17, 15) is 9.90 Å². The van der Waals surface area contributed by atoms with Crippen LogP contribution < -0.4 is 0 Å². The number of fused-ring (bicyclic) bond motifs is 3. The van der Waals surface area contributed by atoms with Crippen LogP contribution in [-0.2, 0) is 11.2 Å². The number of aromatic nitrogens is 1. The van der Waals surface area contributed by atoms with Gasteiger partial charge in [-0.2, -0.15) is 0 Å². The lowest BCUT2D eigenvalue weighted by Gasteiger charge is -2.35. The summed E-state index contributed by atoms with van der Waals surface area (Å²) in [6, 6.07) is 1.43. The molecular formula is C16H22N2O2S. The summed E-state index contributed by atoms with van der Waals surface area (Å²) in [4.78, 5) is 20.0. The second-order valence-electron chi connectivity index (χ2n) is 6.86. The van der Waals surface area contributed by atoms with Gasteiger partial charge in [-0.1, -0.05) is 0 Å². The number of nitrogens with zero attached hydrogens (tertiary/aromatic N) is 2. The smallest absolute Gasteiger partial charge is 0.312 e. The summed E-state index contributed by atoms with van der Waals surface area (Å²) in [7, 11) is 2.26. The summed E-state index contributed by atoms with van der Waals surface area (Å²) in [6.45, 7) is 0. The number of carboxylic acids is 1. The Hall–Kier alpha value is -0.940. The second-order valence-corrected chi connectivity index (χ2v) is 7.98. The molecule has 0 aromatic carbocycles. The standard InChI is InChI=1S/C16H22N2O2S/c1-18-10-5-6-11(18)8-9(7-10)15-17-14-12(16(19)20)3-2-4-13(14)21-15/h9-12H,2-8H2,1H3,(H,19,20). The number of aliphatic carboxylic acids is 1. The van der Waals surface area contributed by atoms with Crippen LogP contribution in [0.15, 0.2) is 0 Å². The second kappa shape index (κ2) is 5.06. The van der Waals surface area contributed by atoms with Gasteiger partial charge in [0.15, 0.2) is 0 Å². The van der Waals surface area contributed by atoms with E-state index in [1.807, 2.05) is 0 Å². The minimum absolute atomic E-state index is 0.360. The molecule has 5 heteroatoms. The first-order valence-corrected chi connectivity index (χ1v) is 8.89.